The molecule has 0 radical (unpaired) electrons. The molecule has 9 heteroatoms. The molecule has 180 valence electrons. The summed E-state index contributed by atoms with van der Waals surface area (Å²) in [4.78, 5) is 12.2. The fourth-order valence-corrected chi connectivity index (χ4v) is 4.51. The highest BCUT2D eigenvalue weighted by molar-refractivity contribution is 6.02. The number of halogens is 3. The van der Waals surface area contributed by atoms with E-state index in [0.29, 0.717) is 11.4 Å². The SMILES string of the molecule is Nc1c(-c2ccc(NC(=O)NC3CCC3)cc2)n(C2CCC2)c2cc(OCC(F)(F)F)ccc12. The van der Waals surface area contributed by atoms with Crippen LogP contribution in [0, 0.1) is 0 Å². The maximum Gasteiger partial charge on any atom is 0.422 e. The number of ether oxygens (including phenoxy) is 1. The molecule has 0 saturated heterocycles. The first-order valence-electron chi connectivity index (χ1n) is 11.6. The van der Waals surface area contributed by atoms with Crippen LogP contribution in [0.3, 0.4) is 0 Å². The van der Waals surface area contributed by atoms with Crippen LogP contribution in [0.15, 0.2) is 42.5 Å². The minimum atomic E-state index is -4.40. The number of fused-ring (bicyclic) bond motifs is 1. The van der Waals surface area contributed by atoms with Crippen molar-refractivity contribution < 1.29 is 22.7 Å². The lowest BCUT2D eigenvalue weighted by Crippen LogP contribution is -2.41. The molecule has 2 aliphatic rings. The Kier molecular flexibility index (Phi) is 5.79. The molecule has 1 heterocycles. The van der Waals surface area contributed by atoms with Crippen LogP contribution >= 0.6 is 0 Å². The van der Waals surface area contributed by atoms with Gasteiger partial charge in [-0.1, -0.05) is 12.1 Å². The van der Waals surface area contributed by atoms with E-state index < -0.39 is 12.8 Å². The zero-order chi connectivity index (χ0) is 23.9. The molecule has 2 saturated carbocycles. The highest BCUT2D eigenvalue weighted by Gasteiger charge is 2.30. The third-order valence-electron chi connectivity index (χ3n) is 6.71. The Morgan fingerprint density at radius 1 is 1.06 bits per heavy atom. The Bertz CT molecular complexity index is 1200. The van der Waals surface area contributed by atoms with Crippen molar-refractivity contribution >= 4 is 28.3 Å². The Hall–Kier alpha value is -3.36. The molecule has 0 unspecified atom stereocenters. The Morgan fingerprint density at radius 2 is 1.76 bits per heavy atom. The van der Waals surface area contributed by atoms with Gasteiger partial charge in [0.05, 0.1) is 16.9 Å². The van der Waals surface area contributed by atoms with Crippen molar-refractivity contribution in [3.05, 3.63) is 42.5 Å². The quantitative estimate of drug-likeness (QED) is 0.398. The van der Waals surface area contributed by atoms with E-state index in [-0.39, 0.29) is 23.9 Å². The number of carbonyl (C=O) groups is 1. The lowest BCUT2D eigenvalue weighted by Gasteiger charge is -2.30. The number of rotatable bonds is 6. The molecular formula is C25H27F3N4O2. The molecule has 0 aliphatic heterocycles. The molecule has 2 aliphatic carbocycles. The van der Waals surface area contributed by atoms with Gasteiger partial charge < -0.3 is 25.7 Å². The van der Waals surface area contributed by atoms with Gasteiger partial charge in [0.25, 0.3) is 0 Å². The number of amides is 2. The number of nitrogens with one attached hydrogen (secondary N) is 2. The molecule has 3 aromatic rings. The summed E-state index contributed by atoms with van der Waals surface area (Å²) in [6.45, 7) is -1.34. The fraction of sp³-hybridized carbons (Fsp3) is 0.400. The van der Waals surface area contributed by atoms with Gasteiger partial charge in [0.1, 0.15) is 5.75 Å². The second-order valence-electron chi connectivity index (χ2n) is 9.10. The molecule has 2 aromatic carbocycles. The van der Waals surface area contributed by atoms with Crippen LogP contribution in [0.4, 0.5) is 29.3 Å². The van der Waals surface area contributed by atoms with Crippen LogP contribution in [0.25, 0.3) is 22.2 Å². The lowest BCUT2D eigenvalue weighted by atomic mass is 9.92. The van der Waals surface area contributed by atoms with E-state index in [9.17, 15) is 18.0 Å². The van der Waals surface area contributed by atoms with Crippen molar-refractivity contribution in [1.82, 2.24) is 9.88 Å². The minimum Gasteiger partial charge on any atom is -0.484 e. The van der Waals surface area contributed by atoms with Gasteiger partial charge in [0.15, 0.2) is 6.61 Å². The minimum absolute atomic E-state index is 0.159. The van der Waals surface area contributed by atoms with Crippen LogP contribution < -0.4 is 21.1 Å². The van der Waals surface area contributed by atoms with Gasteiger partial charge in [-0.05, 0) is 62.8 Å². The molecule has 0 atom stereocenters. The summed E-state index contributed by atoms with van der Waals surface area (Å²) in [5.74, 6) is 0.159. The van der Waals surface area contributed by atoms with Crippen molar-refractivity contribution in [2.24, 2.45) is 0 Å². The van der Waals surface area contributed by atoms with E-state index in [1.807, 2.05) is 24.3 Å². The van der Waals surface area contributed by atoms with Crippen LogP contribution in [0.2, 0.25) is 0 Å². The van der Waals surface area contributed by atoms with E-state index in [2.05, 4.69) is 15.2 Å². The lowest BCUT2D eigenvalue weighted by molar-refractivity contribution is -0.153. The second-order valence-corrected chi connectivity index (χ2v) is 9.10. The van der Waals surface area contributed by atoms with Gasteiger partial charge in [-0.25, -0.2) is 4.79 Å². The Labute approximate surface area is 195 Å². The molecule has 6 nitrogen and oxygen atoms in total. The summed E-state index contributed by atoms with van der Waals surface area (Å²) < 4.78 is 45.0. The summed E-state index contributed by atoms with van der Waals surface area (Å²) in [5.41, 5.74) is 10.3. The van der Waals surface area contributed by atoms with Crippen LogP contribution in [-0.4, -0.2) is 29.4 Å². The van der Waals surface area contributed by atoms with E-state index in [4.69, 9.17) is 10.5 Å². The van der Waals surface area contributed by atoms with Gasteiger partial charge in [0.2, 0.25) is 0 Å². The van der Waals surface area contributed by atoms with E-state index >= 15 is 0 Å². The molecule has 0 spiro atoms. The molecule has 2 amide bonds. The van der Waals surface area contributed by atoms with Crippen molar-refractivity contribution in [1.29, 1.82) is 0 Å². The average molecular weight is 473 g/mol. The highest BCUT2D eigenvalue weighted by atomic mass is 19.4. The number of carbonyl (C=O) groups excluding carboxylic acids is 1. The number of hydrogen-bond donors (Lipinski definition) is 3. The molecule has 4 N–H and O–H groups in total. The number of nitrogen functional groups attached to an aromatic ring is 1. The maximum absolute atomic E-state index is 12.6. The first kappa shape index (κ1) is 22.4. The van der Waals surface area contributed by atoms with Gasteiger partial charge in [-0.15, -0.1) is 0 Å². The number of alkyl halides is 3. The number of hydrogen-bond acceptors (Lipinski definition) is 3. The molecule has 0 bridgehead atoms. The average Bonchev–Trinajstić information content (AvgIpc) is 3.00. The predicted molar refractivity (Wildman–Crippen MR) is 126 cm³/mol. The first-order chi connectivity index (χ1) is 16.3. The molecule has 2 fully saturated rings. The van der Waals surface area contributed by atoms with Gasteiger partial charge >= 0.3 is 12.2 Å². The topological polar surface area (TPSA) is 81.3 Å². The summed E-state index contributed by atoms with van der Waals surface area (Å²) in [6.07, 6.45) is 1.81. The van der Waals surface area contributed by atoms with Crippen LogP contribution in [0.5, 0.6) is 5.75 Å². The number of anilines is 2. The zero-order valence-corrected chi connectivity index (χ0v) is 18.6. The van der Waals surface area contributed by atoms with Crippen molar-refractivity contribution in [2.45, 2.75) is 56.8 Å². The number of urea groups is 1. The van der Waals surface area contributed by atoms with Crippen LogP contribution in [-0.2, 0) is 0 Å². The summed E-state index contributed by atoms with van der Waals surface area (Å²) >= 11 is 0. The van der Waals surface area contributed by atoms with E-state index in [0.717, 1.165) is 60.7 Å². The Morgan fingerprint density at radius 3 is 2.35 bits per heavy atom. The summed E-state index contributed by atoms with van der Waals surface area (Å²) in [7, 11) is 0. The fourth-order valence-electron chi connectivity index (χ4n) is 4.51. The molecule has 1 aromatic heterocycles. The number of nitrogens with zero attached hydrogens (tertiary/aromatic N) is 1. The predicted octanol–water partition coefficient (Wildman–Crippen LogP) is 6.23. The highest BCUT2D eigenvalue weighted by Crippen LogP contribution is 2.45. The molecular weight excluding hydrogens is 445 g/mol. The third-order valence-corrected chi connectivity index (χ3v) is 6.71. The van der Waals surface area contributed by atoms with E-state index in [1.54, 1.807) is 12.1 Å². The number of aromatic nitrogens is 1. The monoisotopic (exact) mass is 472 g/mol. The summed E-state index contributed by atoms with van der Waals surface area (Å²) in [5, 5.41) is 6.58. The van der Waals surface area contributed by atoms with Gasteiger partial charge in [-0.2, -0.15) is 13.2 Å². The van der Waals surface area contributed by atoms with Gasteiger partial charge in [0, 0.05) is 34.8 Å². The first-order valence-corrected chi connectivity index (χ1v) is 11.6. The van der Waals surface area contributed by atoms with Crippen molar-refractivity contribution in [2.75, 3.05) is 17.7 Å². The largest absolute Gasteiger partial charge is 0.484 e. The number of nitrogens with two attached hydrogens (primary N) is 1. The van der Waals surface area contributed by atoms with Gasteiger partial charge in [-0.3, -0.25) is 0 Å². The Balaban J connectivity index is 1.44. The molecule has 34 heavy (non-hydrogen) atoms. The van der Waals surface area contributed by atoms with Crippen molar-refractivity contribution in [3.63, 3.8) is 0 Å². The standard InChI is InChI=1S/C25H27F3N4O2/c26-25(27,28)14-34-19-11-12-20-21(13-19)32(18-5-2-6-18)23(22(20)29)15-7-9-17(10-8-15)31-24(33)30-16-3-1-4-16/h7-13,16,18H,1-6,14,29H2,(H2,30,31,33). The normalized spacial score (nSPS) is 16.7. The molecule has 5 rings (SSSR count). The smallest absolute Gasteiger partial charge is 0.422 e. The third kappa shape index (κ3) is 4.51. The summed E-state index contributed by atoms with van der Waals surface area (Å²) in [6, 6.07) is 12.6. The zero-order valence-electron chi connectivity index (χ0n) is 18.6. The maximum atomic E-state index is 12.6. The van der Waals surface area contributed by atoms with E-state index in [1.165, 1.54) is 6.07 Å². The van der Waals surface area contributed by atoms with Crippen molar-refractivity contribution in [3.8, 4) is 17.0 Å². The van der Waals surface area contributed by atoms with Crippen LogP contribution in [0.1, 0.15) is 44.6 Å². The second kappa shape index (κ2) is 8.77. The number of benzene rings is 2.